The Hall–Kier alpha value is 0.400. The van der Waals surface area contributed by atoms with Crippen LogP contribution in [0.4, 0.5) is 0 Å². The molecular weight excluding hydrogens is 378 g/mol. The molecule has 0 spiro atoms. The smallest absolute Gasteiger partial charge is 0.115 e. The second kappa shape index (κ2) is 7.99. The van der Waals surface area contributed by atoms with E-state index in [0.29, 0.717) is 6.61 Å². The Morgan fingerprint density at radius 3 is 2.42 bits per heavy atom. The summed E-state index contributed by atoms with van der Waals surface area (Å²) < 4.78 is 5.53. The van der Waals surface area contributed by atoms with Crippen molar-refractivity contribution in [1.82, 2.24) is 0 Å². The summed E-state index contributed by atoms with van der Waals surface area (Å²) in [5, 5.41) is 13.0. The Bertz CT molecular complexity index is 481. The zero-order chi connectivity index (χ0) is 13.1. The minimum atomic E-state index is -0.701. The van der Waals surface area contributed by atoms with Crippen molar-refractivity contribution in [3.05, 3.63) is 43.9 Å². The minimum absolute atomic E-state index is 0. The van der Waals surface area contributed by atoms with Gasteiger partial charge in [0.05, 0.1) is 16.1 Å². The zero-order valence-electron chi connectivity index (χ0n) is 10.8. The van der Waals surface area contributed by atoms with Gasteiger partial charge in [0.15, 0.2) is 0 Å². The van der Waals surface area contributed by atoms with E-state index in [4.69, 9.17) is 33.0 Å². The number of aliphatic hydroxyl groups is 1. The minimum Gasteiger partial charge on any atom is -0.492 e. The first kappa shape index (κ1) is 17.5. The van der Waals surface area contributed by atoms with Gasteiger partial charge in [-0.05, 0) is 23.4 Å². The molecule has 0 heterocycles. The van der Waals surface area contributed by atoms with Crippen LogP contribution in [-0.4, -0.2) is 27.8 Å². The van der Waals surface area contributed by atoms with Crippen molar-refractivity contribution in [2.75, 3.05) is 13.2 Å². The molecule has 0 unspecified atom stereocenters. The van der Waals surface area contributed by atoms with Crippen molar-refractivity contribution in [3.8, 4) is 0 Å². The van der Waals surface area contributed by atoms with Crippen LogP contribution >= 0.6 is 23.2 Å². The normalized spacial score (nSPS) is 19.2. The van der Waals surface area contributed by atoms with Gasteiger partial charge in [-0.3, -0.25) is 0 Å². The van der Waals surface area contributed by atoms with E-state index < -0.39 is 9.52 Å². The monoisotopic (exact) mass is 392 g/mol. The fourth-order valence-electron chi connectivity index (χ4n) is 2.16. The van der Waals surface area contributed by atoms with Crippen molar-refractivity contribution >= 4 is 32.7 Å². The van der Waals surface area contributed by atoms with Crippen LogP contribution in [0.5, 0.6) is 0 Å². The first-order valence-corrected chi connectivity index (χ1v) is 8.17. The number of aliphatic hydroxyl groups excluding tert-OH is 1. The van der Waals surface area contributed by atoms with Crippen LogP contribution in [0.15, 0.2) is 43.9 Å². The number of rotatable bonds is 5. The standard InChI is InChI=1S/C13H16Cl2O2Si.Zr/c1-8-2-3-9(14)12(8)18-13-10(15)4-5-11(13)17-7-6-16;/h2,5,16H,3-4,6-7,18H2,1H3;. The second-order valence-electron chi connectivity index (χ2n) is 4.38. The van der Waals surface area contributed by atoms with E-state index in [1.807, 2.05) is 6.08 Å². The third kappa shape index (κ3) is 4.18. The molecule has 6 heteroatoms. The third-order valence-corrected chi connectivity index (χ3v) is 6.86. The third-order valence-electron chi connectivity index (χ3n) is 3.18. The summed E-state index contributed by atoms with van der Waals surface area (Å²) >= 11 is 12.5. The molecular formula is C13H16Cl2O2SiZr. The van der Waals surface area contributed by atoms with Gasteiger partial charge >= 0.3 is 0 Å². The molecule has 0 radical (unpaired) electrons. The van der Waals surface area contributed by atoms with Gasteiger partial charge in [-0.25, -0.2) is 0 Å². The maximum Gasteiger partial charge on any atom is 0.115 e. The van der Waals surface area contributed by atoms with Gasteiger partial charge < -0.3 is 9.84 Å². The average Bonchev–Trinajstić information content (AvgIpc) is 2.85. The maximum absolute atomic E-state index is 8.82. The molecule has 0 atom stereocenters. The summed E-state index contributed by atoms with van der Waals surface area (Å²) in [6.07, 6.45) is 5.73. The van der Waals surface area contributed by atoms with E-state index in [9.17, 15) is 0 Å². The number of hydrogen-bond acceptors (Lipinski definition) is 2. The van der Waals surface area contributed by atoms with Gasteiger partial charge in [-0.2, -0.15) is 0 Å². The fraction of sp³-hybridized carbons (Fsp3) is 0.385. The Morgan fingerprint density at radius 2 is 1.84 bits per heavy atom. The average molecular weight is 394 g/mol. The van der Waals surface area contributed by atoms with Crippen molar-refractivity contribution in [2.45, 2.75) is 19.8 Å². The van der Waals surface area contributed by atoms with Crippen LogP contribution in [0.25, 0.3) is 0 Å². The predicted octanol–water partition coefficient (Wildman–Crippen LogP) is 2.70. The van der Waals surface area contributed by atoms with Crippen LogP contribution in [0.2, 0.25) is 0 Å². The van der Waals surface area contributed by atoms with Gasteiger partial charge in [0, 0.05) is 49.1 Å². The van der Waals surface area contributed by atoms with Gasteiger partial charge in [0.25, 0.3) is 0 Å². The Labute approximate surface area is 145 Å². The molecule has 102 valence electrons. The molecule has 0 aliphatic heterocycles. The molecule has 2 nitrogen and oxygen atoms in total. The molecule has 2 aliphatic rings. The molecule has 0 aromatic heterocycles. The SMILES string of the molecule is CC1=CCC(Cl)=C1[SiH2]C1=C(Cl)CC=C1OCCO.[Zr]. The number of ether oxygens (including phenoxy) is 1. The summed E-state index contributed by atoms with van der Waals surface area (Å²) in [6.45, 7) is 2.43. The molecule has 0 aromatic carbocycles. The van der Waals surface area contributed by atoms with E-state index >= 15 is 0 Å². The van der Waals surface area contributed by atoms with Crippen LogP contribution in [-0.2, 0) is 30.9 Å². The van der Waals surface area contributed by atoms with Gasteiger partial charge in [0.2, 0.25) is 0 Å². The summed E-state index contributed by atoms with van der Waals surface area (Å²) in [6, 6.07) is 0. The predicted molar refractivity (Wildman–Crippen MR) is 78.4 cm³/mol. The quantitative estimate of drug-likeness (QED) is 0.727. The summed E-state index contributed by atoms with van der Waals surface area (Å²) in [5.41, 5.74) is 1.28. The number of allylic oxidation sites excluding steroid dienone is 7. The summed E-state index contributed by atoms with van der Waals surface area (Å²) in [4.78, 5) is 0. The van der Waals surface area contributed by atoms with E-state index in [2.05, 4.69) is 13.0 Å². The van der Waals surface area contributed by atoms with E-state index in [1.165, 1.54) is 10.8 Å². The van der Waals surface area contributed by atoms with E-state index in [-0.39, 0.29) is 32.8 Å². The maximum atomic E-state index is 8.82. The first-order chi connectivity index (χ1) is 8.63. The molecule has 1 N–H and O–H groups in total. The van der Waals surface area contributed by atoms with E-state index in [0.717, 1.165) is 33.9 Å². The van der Waals surface area contributed by atoms with Crippen LogP contribution in [0.1, 0.15) is 19.8 Å². The van der Waals surface area contributed by atoms with Crippen molar-refractivity contribution in [3.63, 3.8) is 0 Å². The van der Waals surface area contributed by atoms with Crippen molar-refractivity contribution in [1.29, 1.82) is 0 Å². The molecule has 2 rings (SSSR count). The summed E-state index contributed by atoms with van der Waals surface area (Å²) in [5.74, 6) is 0.845. The zero-order valence-corrected chi connectivity index (χ0v) is 16.2. The van der Waals surface area contributed by atoms with Gasteiger partial charge in [0.1, 0.15) is 12.4 Å². The van der Waals surface area contributed by atoms with Crippen molar-refractivity contribution < 1.29 is 36.0 Å². The van der Waals surface area contributed by atoms with E-state index in [1.54, 1.807) is 0 Å². The molecule has 19 heavy (non-hydrogen) atoms. The molecule has 0 saturated carbocycles. The largest absolute Gasteiger partial charge is 0.492 e. The Morgan fingerprint density at radius 1 is 1.21 bits per heavy atom. The topological polar surface area (TPSA) is 29.5 Å². The Balaban J connectivity index is 0.00000180. The molecule has 0 saturated heterocycles. The van der Waals surface area contributed by atoms with Crippen LogP contribution < -0.4 is 0 Å². The molecule has 0 bridgehead atoms. The number of hydrogen-bond donors (Lipinski definition) is 1. The van der Waals surface area contributed by atoms with Gasteiger partial charge in [-0.1, -0.05) is 34.9 Å². The molecule has 0 amide bonds. The van der Waals surface area contributed by atoms with Crippen LogP contribution in [0.3, 0.4) is 0 Å². The molecule has 2 aliphatic carbocycles. The fourth-order valence-corrected chi connectivity index (χ4v) is 4.83. The molecule has 0 fully saturated rings. The number of halogens is 2. The summed E-state index contributed by atoms with van der Waals surface area (Å²) in [7, 11) is -0.701. The van der Waals surface area contributed by atoms with Crippen molar-refractivity contribution in [2.24, 2.45) is 0 Å². The second-order valence-corrected chi connectivity index (χ2v) is 7.06. The van der Waals surface area contributed by atoms with Gasteiger partial charge in [-0.15, -0.1) is 0 Å². The Kier molecular flexibility index (Phi) is 7.34. The van der Waals surface area contributed by atoms with Crippen LogP contribution in [0, 0.1) is 0 Å². The molecule has 0 aromatic rings. The first-order valence-electron chi connectivity index (χ1n) is 6.00.